The van der Waals surface area contributed by atoms with Gasteiger partial charge in [-0.05, 0) is 12.0 Å². The summed E-state index contributed by atoms with van der Waals surface area (Å²) in [6.07, 6.45) is 10.9. The highest BCUT2D eigenvalue weighted by Gasteiger charge is 2.23. The number of unbranched alkanes of at least 4 members (excludes halogenated alkanes) is 9. The van der Waals surface area contributed by atoms with Gasteiger partial charge in [-0.1, -0.05) is 95.0 Å². The Morgan fingerprint density at radius 3 is 2.06 bits per heavy atom. The van der Waals surface area contributed by atoms with E-state index in [1.54, 1.807) is 12.1 Å². The summed E-state index contributed by atoms with van der Waals surface area (Å²) in [6, 6.07) is 7.74. The van der Waals surface area contributed by atoms with E-state index in [-0.39, 0.29) is 13.0 Å². The molecule has 0 aliphatic heterocycles. The zero-order valence-corrected chi connectivity index (χ0v) is 18.7. The van der Waals surface area contributed by atoms with E-state index in [4.69, 9.17) is 4.74 Å². The van der Waals surface area contributed by atoms with Crippen LogP contribution >= 0.6 is 0 Å². The monoisotopic (exact) mass is 434 g/mol. The van der Waals surface area contributed by atoms with Crippen molar-refractivity contribution in [2.24, 2.45) is 0 Å². The Hall–Kier alpha value is -2.57. The van der Waals surface area contributed by atoms with Crippen molar-refractivity contribution in [1.82, 2.24) is 10.6 Å². The van der Waals surface area contributed by atoms with Crippen LogP contribution in [0.25, 0.3) is 0 Å². The first-order valence-corrected chi connectivity index (χ1v) is 11.5. The summed E-state index contributed by atoms with van der Waals surface area (Å²) in [5, 5.41) is 14.2. The number of carboxylic acids is 1. The molecule has 1 aromatic rings. The lowest BCUT2D eigenvalue weighted by atomic mass is 10.1. The Morgan fingerprint density at radius 1 is 0.903 bits per heavy atom. The molecular weight excluding hydrogens is 396 g/mol. The minimum absolute atomic E-state index is 0.0317. The number of hydrogen-bond acceptors (Lipinski definition) is 4. The smallest absolute Gasteiger partial charge is 0.408 e. The van der Waals surface area contributed by atoms with E-state index in [2.05, 4.69) is 17.6 Å². The topological polar surface area (TPSA) is 105 Å². The first-order chi connectivity index (χ1) is 15.0. The molecule has 0 heterocycles. The number of alkyl carbamates (subject to hydrolysis) is 1. The van der Waals surface area contributed by atoms with E-state index in [0.717, 1.165) is 24.8 Å². The second-order valence-corrected chi connectivity index (χ2v) is 7.83. The van der Waals surface area contributed by atoms with Crippen molar-refractivity contribution in [3.8, 4) is 0 Å². The molecule has 1 rings (SSSR count). The Morgan fingerprint density at radius 2 is 1.48 bits per heavy atom. The fraction of sp³-hybridized carbons (Fsp3) is 0.625. The molecule has 0 bridgehead atoms. The summed E-state index contributed by atoms with van der Waals surface area (Å²) < 4.78 is 5.02. The highest BCUT2D eigenvalue weighted by molar-refractivity contribution is 5.87. The van der Waals surface area contributed by atoms with Crippen molar-refractivity contribution in [3.05, 3.63) is 35.9 Å². The number of carboxylic acid groups (broad SMARTS) is 1. The standard InChI is InChI=1S/C24H38N2O5/c1-2-3-4-5-6-7-8-9-10-14-17-25-22(27)18-21(23(28)29)26-24(30)31-19-20-15-12-11-13-16-20/h11-13,15-16,21H,2-10,14,17-19H2,1H3,(H,25,27)(H,26,30)(H,28,29). The molecule has 1 atom stereocenters. The number of hydrogen-bond donors (Lipinski definition) is 3. The molecule has 0 fully saturated rings. The lowest BCUT2D eigenvalue weighted by Gasteiger charge is -2.14. The molecule has 0 aromatic heterocycles. The molecule has 0 spiro atoms. The Kier molecular flexibility index (Phi) is 14.6. The summed E-state index contributed by atoms with van der Waals surface area (Å²) >= 11 is 0. The van der Waals surface area contributed by atoms with Gasteiger partial charge in [-0.15, -0.1) is 0 Å². The van der Waals surface area contributed by atoms with E-state index in [1.807, 2.05) is 18.2 Å². The Bertz CT molecular complexity index is 636. The minimum atomic E-state index is -1.32. The third kappa shape index (κ3) is 14.1. The minimum Gasteiger partial charge on any atom is -0.480 e. The maximum atomic E-state index is 12.0. The molecule has 3 N–H and O–H groups in total. The fourth-order valence-electron chi connectivity index (χ4n) is 3.20. The summed E-state index contributed by atoms with van der Waals surface area (Å²) in [6.45, 7) is 2.77. The van der Waals surface area contributed by atoms with Gasteiger partial charge in [0.15, 0.2) is 0 Å². The molecule has 2 amide bonds. The van der Waals surface area contributed by atoms with Gasteiger partial charge in [0.2, 0.25) is 5.91 Å². The molecule has 31 heavy (non-hydrogen) atoms. The maximum Gasteiger partial charge on any atom is 0.408 e. The quantitative estimate of drug-likeness (QED) is 0.306. The van der Waals surface area contributed by atoms with Gasteiger partial charge in [0.25, 0.3) is 0 Å². The van der Waals surface area contributed by atoms with Crippen LogP contribution < -0.4 is 10.6 Å². The van der Waals surface area contributed by atoms with E-state index in [1.165, 1.54) is 44.9 Å². The lowest BCUT2D eigenvalue weighted by molar-refractivity contribution is -0.141. The molecule has 0 aliphatic rings. The van der Waals surface area contributed by atoms with Crippen molar-refractivity contribution in [1.29, 1.82) is 0 Å². The van der Waals surface area contributed by atoms with E-state index in [0.29, 0.717) is 6.54 Å². The number of carbonyl (C=O) groups is 3. The average molecular weight is 435 g/mol. The van der Waals surface area contributed by atoms with Crippen LogP contribution in [0.5, 0.6) is 0 Å². The molecule has 0 saturated heterocycles. The predicted molar refractivity (Wildman–Crippen MR) is 121 cm³/mol. The molecule has 1 unspecified atom stereocenters. The lowest BCUT2D eigenvalue weighted by Crippen LogP contribution is -2.44. The van der Waals surface area contributed by atoms with Gasteiger partial charge < -0.3 is 20.5 Å². The number of carbonyl (C=O) groups excluding carboxylic acids is 2. The molecule has 0 saturated carbocycles. The molecule has 174 valence electrons. The van der Waals surface area contributed by atoms with E-state index >= 15 is 0 Å². The zero-order chi connectivity index (χ0) is 22.7. The highest BCUT2D eigenvalue weighted by Crippen LogP contribution is 2.10. The number of aliphatic carboxylic acids is 1. The van der Waals surface area contributed by atoms with Gasteiger partial charge in [-0.25, -0.2) is 9.59 Å². The highest BCUT2D eigenvalue weighted by atomic mass is 16.5. The third-order valence-corrected chi connectivity index (χ3v) is 5.04. The van der Waals surface area contributed by atoms with Gasteiger partial charge in [-0.3, -0.25) is 4.79 Å². The van der Waals surface area contributed by atoms with Crippen molar-refractivity contribution in [3.63, 3.8) is 0 Å². The SMILES string of the molecule is CCCCCCCCCCCCNC(=O)CC(NC(=O)OCc1ccccc1)C(=O)O. The molecule has 0 radical (unpaired) electrons. The van der Waals surface area contributed by atoms with Gasteiger partial charge in [0.1, 0.15) is 12.6 Å². The number of amides is 2. The average Bonchev–Trinajstić information content (AvgIpc) is 2.76. The van der Waals surface area contributed by atoms with Gasteiger partial charge in [0, 0.05) is 6.54 Å². The van der Waals surface area contributed by atoms with Crippen molar-refractivity contribution >= 4 is 18.0 Å². The largest absolute Gasteiger partial charge is 0.480 e. The molecule has 0 aliphatic carbocycles. The second kappa shape index (κ2) is 17.1. The van der Waals surface area contributed by atoms with Crippen LogP contribution in [0.15, 0.2) is 30.3 Å². The fourth-order valence-corrected chi connectivity index (χ4v) is 3.20. The molecular formula is C24H38N2O5. The summed E-state index contributed by atoms with van der Waals surface area (Å²) in [5.41, 5.74) is 0.791. The van der Waals surface area contributed by atoms with Crippen molar-refractivity contribution in [2.75, 3.05) is 6.54 Å². The summed E-state index contributed by atoms with van der Waals surface area (Å²) in [4.78, 5) is 35.2. The van der Waals surface area contributed by atoms with Crippen molar-refractivity contribution < 1.29 is 24.2 Å². The van der Waals surface area contributed by atoms with E-state index in [9.17, 15) is 19.5 Å². The van der Waals surface area contributed by atoms with Crippen LogP contribution in [-0.4, -0.2) is 35.7 Å². The summed E-state index contributed by atoms with van der Waals surface area (Å²) in [5.74, 6) is -1.67. The Labute approximate surface area is 185 Å². The van der Waals surface area contributed by atoms with Crippen LogP contribution in [-0.2, 0) is 20.9 Å². The van der Waals surface area contributed by atoms with Gasteiger partial charge >= 0.3 is 12.1 Å². The number of benzene rings is 1. The van der Waals surface area contributed by atoms with Crippen LogP contribution in [0.2, 0.25) is 0 Å². The van der Waals surface area contributed by atoms with Gasteiger partial charge in [-0.2, -0.15) is 0 Å². The van der Waals surface area contributed by atoms with Crippen LogP contribution in [0.3, 0.4) is 0 Å². The number of nitrogens with one attached hydrogen (secondary N) is 2. The van der Waals surface area contributed by atoms with Gasteiger partial charge in [0.05, 0.1) is 6.42 Å². The molecule has 7 nitrogen and oxygen atoms in total. The summed E-state index contributed by atoms with van der Waals surface area (Å²) in [7, 11) is 0. The van der Waals surface area contributed by atoms with E-state index < -0.39 is 24.0 Å². The van der Waals surface area contributed by atoms with Crippen LogP contribution in [0.4, 0.5) is 4.79 Å². The zero-order valence-electron chi connectivity index (χ0n) is 18.7. The predicted octanol–water partition coefficient (Wildman–Crippen LogP) is 4.79. The normalized spacial score (nSPS) is 11.5. The number of ether oxygens (including phenoxy) is 1. The molecule has 7 heteroatoms. The molecule has 1 aromatic carbocycles. The van der Waals surface area contributed by atoms with Crippen molar-refractivity contribution in [2.45, 2.75) is 90.2 Å². The maximum absolute atomic E-state index is 12.0. The number of rotatable bonds is 17. The first-order valence-electron chi connectivity index (χ1n) is 11.5. The van der Waals surface area contributed by atoms with Crippen LogP contribution in [0, 0.1) is 0 Å². The van der Waals surface area contributed by atoms with Crippen LogP contribution in [0.1, 0.15) is 83.1 Å². The Balaban J connectivity index is 2.12. The first kappa shape index (κ1) is 26.5. The third-order valence-electron chi connectivity index (χ3n) is 5.04. The second-order valence-electron chi connectivity index (χ2n) is 7.83.